The molecule has 0 saturated heterocycles. The van der Waals surface area contributed by atoms with Gasteiger partial charge in [-0.25, -0.2) is 0 Å². The second-order valence-corrected chi connectivity index (χ2v) is 4.89. The highest BCUT2D eigenvalue weighted by Gasteiger charge is 2.19. The summed E-state index contributed by atoms with van der Waals surface area (Å²) in [5.74, 6) is 0.350. The Morgan fingerprint density at radius 1 is 1.07 bits per heavy atom. The molecule has 1 rings (SSSR count). The van der Waals surface area contributed by atoms with Gasteiger partial charge in [-0.15, -0.1) is 0 Å². The van der Waals surface area contributed by atoms with Gasteiger partial charge in [-0.2, -0.15) is 0 Å². The molecule has 1 nitrogen and oxygen atoms in total. The van der Waals surface area contributed by atoms with Crippen LogP contribution in [0, 0.1) is 0 Å². The molecule has 0 heterocycles. The van der Waals surface area contributed by atoms with Crippen molar-refractivity contribution in [3.8, 4) is 5.75 Å². The van der Waals surface area contributed by atoms with Gasteiger partial charge < -0.3 is 5.11 Å². The van der Waals surface area contributed by atoms with Crippen LogP contribution in [-0.2, 0) is 5.41 Å². The Morgan fingerprint density at radius 2 is 1.67 bits per heavy atom. The first-order valence-electron chi connectivity index (χ1n) is 5.86. The van der Waals surface area contributed by atoms with Crippen LogP contribution in [-0.4, -0.2) is 5.11 Å². The number of phenols is 1. The van der Waals surface area contributed by atoms with Crippen molar-refractivity contribution < 1.29 is 5.11 Å². The molecule has 84 valence electrons. The summed E-state index contributed by atoms with van der Waals surface area (Å²) in [6.07, 6.45) is 5.07. The van der Waals surface area contributed by atoms with Gasteiger partial charge in [0, 0.05) is 0 Å². The Bertz CT molecular complexity index is 285. The van der Waals surface area contributed by atoms with Crippen molar-refractivity contribution >= 4 is 0 Å². The van der Waals surface area contributed by atoms with Crippen LogP contribution >= 0.6 is 0 Å². The molecule has 1 heteroatoms. The predicted molar refractivity (Wildman–Crippen MR) is 65.3 cm³/mol. The molecule has 15 heavy (non-hydrogen) atoms. The predicted octanol–water partition coefficient (Wildman–Crippen LogP) is 4.25. The zero-order valence-corrected chi connectivity index (χ0v) is 10.1. The highest BCUT2D eigenvalue weighted by Crippen LogP contribution is 2.30. The fourth-order valence-corrected chi connectivity index (χ4v) is 1.87. The zero-order valence-electron chi connectivity index (χ0n) is 10.1. The van der Waals surface area contributed by atoms with Gasteiger partial charge in [-0.3, -0.25) is 0 Å². The van der Waals surface area contributed by atoms with E-state index in [-0.39, 0.29) is 5.41 Å². The Kier molecular flexibility index (Phi) is 4.19. The molecule has 0 spiro atoms. The molecule has 0 amide bonds. The van der Waals surface area contributed by atoms with Crippen LogP contribution in [0.5, 0.6) is 5.75 Å². The van der Waals surface area contributed by atoms with E-state index in [0.717, 1.165) is 0 Å². The SMILES string of the molecule is CCCCCC(C)(C)[13c]1[13cH][13cH][13c](O)[13cH][13cH]1. The highest BCUT2D eigenvalue weighted by molar-refractivity contribution is 5.30. The Labute approximate surface area is 93.1 Å². The van der Waals surface area contributed by atoms with Gasteiger partial charge >= 0.3 is 0 Å². The quantitative estimate of drug-likeness (QED) is 0.723. The number of hydrogen-bond acceptors (Lipinski definition) is 1. The van der Waals surface area contributed by atoms with Crippen molar-refractivity contribution in [2.24, 2.45) is 0 Å². The largest absolute Gasteiger partial charge is 0.508 e. The van der Waals surface area contributed by atoms with Crippen LogP contribution in [0.25, 0.3) is 0 Å². The molecule has 0 fully saturated rings. The topological polar surface area (TPSA) is 20.2 Å². The van der Waals surface area contributed by atoms with Gasteiger partial charge in [0.1, 0.15) is 5.75 Å². The molecule has 1 aromatic carbocycles. The van der Waals surface area contributed by atoms with Crippen molar-refractivity contribution in [3.05, 3.63) is 29.8 Å². The average molecular weight is 212 g/mol. The minimum absolute atomic E-state index is 0.225. The lowest BCUT2D eigenvalue weighted by atomic mass is 9.93. The fourth-order valence-electron chi connectivity index (χ4n) is 1.87. The third-order valence-corrected chi connectivity index (χ3v) is 3.05. The second kappa shape index (κ2) is 5.20. The Hall–Kier alpha value is -0.980. The zero-order chi connectivity index (χ0) is 11.3. The number of aromatic hydroxyl groups is 1. The van der Waals surface area contributed by atoms with E-state index in [1.807, 2.05) is 12.1 Å². The van der Waals surface area contributed by atoms with E-state index >= 15 is 0 Å². The molecule has 0 atom stereocenters. The average Bonchev–Trinajstić information content (AvgIpc) is 2.18. The number of hydrogen-bond donors (Lipinski definition) is 1. The van der Waals surface area contributed by atoms with Crippen LogP contribution in [0.1, 0.15) is 52.0 Å². The summed E-state index contributed by atoms with van der Waals surface area (Å²) >= 11 is 0. The van der Waals surface area contributed by atoms with E-state index in [1.54, 1.807) is 12.1 Å². The van der Waals surface area contributed by atoms with E-state index in [2.05, 4.69) is 20.8 Å². The number of rotatable bonds is 5. The van der Waals surface area contributed by atoms with Crippen molar-refractivity contribution in [2.45, 2.75) is 51.9 Å². The molecule has 0 aliphatic rings. The molecule has 0 saturated carbocycles. The summed E-state index contributed by atoms with van der Waals surface area (Å²) in [5, 5.41) is 9.24. The normalized spacial score (nSPS) is 11.7. The summed E-state index contributed by atoms with van der Waals surface area (Å²) in [6, 6.07) is 7.61. The van der Waals surface area contributed by atoms with E-state index in [1.165, 1.54) is 31.2 Å². The van der Waals surface area contributed by atoms with Gasteiger partial charge in [-0.1, -0.05) is 52.2 Å². The Morgan fingerprint density at radius 3 is 2.20 bits per heavy atom. The van der Waals surface area contributed by atoms with E-state index < -0.39 is 0 Å². The number of benzene rings is 1. The standard InChI is InChI=1S/C14H22O/c1-4-5-6-11-14(2,3)12-7-9-13(15)10-8-12/h7-10,15H,4-6,11H2,1-3H3/i7+1,8+1,9+1,10+1,12+1,13+1. The summed E-state index contributed by atoms with van der Waals surface area (Å²) in [7, 11) is 0. The number of unbranched alkanes of at least 4 members (excludes halogenated alkanes) is 2. The lowest BCUT2D eigenvalue weighted by Crippen LogP contribution is -2.16. The van der Waals surface area contributed by atoms with Gasteiger partial charge in [-0.05, 0) is 29.5 Å². The maximum atomic E-state index is 9.24. The fraction of sp³-hybridized carbons (Fsp3) is 0.571. The maximum Gasteiger partial charge on any atom is 0.115 e. The monoisotopic (exact) mass is 212 g/mol. The number of phenolic OH excluding ortho intramolecular Hbond substituents is 1. The molecule has 0 aromatic heterocycles. The van der Waals surface area contributed by atoms with Gasteiger partial charge in [0.05, 0.1) is 0 Å². The van der Waals surface area contributed by atoms with Crippen molar-refractivity contribution in [2.75, 3.05) is 0 Å². The molecular weight excluding hydrogens is 190 g/mol. The molecule has 1 aromatic rings. The molecule has 0 bridgehead atoms. The molecule has 0 unspecified atom stereocenters. The molecule has 0 aliphatic carbocycles. The van der Waals surface area contributed by atoms with Crippen molar-refractivity contribution in [3.63, 3.8) is 0 Å². The lowest BCUT2D eigenvalue weighted by molar-refractivity contribution is 0.447. The summed E-state index contributed by atoms with van der Waals surface area (Å²) < 4.78 is 0. The van der Waals surface area contributed by atoms with Crippen molar-refractivity contribution in [1.82, 2.24) is 0 Å². The summed E-state index contributed by atoms with van der Waals surface area (Å²) in [5.41, 5.74) is 1.54. The van der Waals surface area contributed by atoms with Crippen LogP contribution in [0.2, 0.25) is 0 Å². The molecule has 0 radical (unpaired) electrons. The van der Waals surface area contributed by atoms with E-state index in [0.29, 0.717) is 5.75 Å². The molecular formula is C14H22O. The third-order valence-electron chi connectivity index (χ3n) is 3.05. The Balaban J connectivity index is 2.63. The van der Waals surface area contributed by atoms with Gasteiger partial charge in [0.25, 0.3) is 0 Å². The minimum Gasteiger partial charge on any atom is -0.508 e. The minimum atomic E-state index is 0.225. The van der Waals surface area contributed by atoms with Gasteiger partial charge in [0.2, 0.25) is 0 Å². The second-order valence-electron chi connectivity index (χ2n) is 4.89. The smallest absolute Gasteiger partial charge is 0.115 e. The van der Waals surface area contributed by atoms with Crippen molar-refractivity contribution in [1.29, 1.82) is 0 Å². The van der Waals surface area contributed by atoms with Crippen LogP contribution in [0.15, 0.2) is 24.3 Å². The van der Waals surface area contributed by atoms with Crippen LogP contribution in [0.4, 0.5) is 0 Å². The first-order valence-corrected chi connectivity index (χ1v) is 5.86. The van der Waals surface area contributed by atoms with E-state index in [4.69, 9.17) is 0 Å². The highest BCUT2D eigenvalue weighted by atomic mass is 16.3. The van der Waals surface area contributed by atoms with Crippen LogP contribution < -0.4 is 0 Å². The van der Waals surface area contributed by atoms with Gasteiger partial charge in [0.15, 0.2) is 0 Å². The molecule has 1 N–H and O–H groups in total. The summed E-state index contributed by atoms with van der Waals surface area (Å²) in [4.78, 5) is 0. The maximum absolute atomic E-state index is 9.24. The lowest BCUT2D eigenvalue weighted by Gasteiger charge is -2.25. The third kappa shape index (κ3) is 3.58. The summed E-state index contributed by atoms with van der Waals surface area (Å²) in [6.45, 7) is 6.78. The van der Waals surface area contributed by atoms with Crippen LogP contribution in [0.3, 0.4) is 0 Å². The first-order chi connectivity index (χ1) is 7.06. The first kappa shape index (κ1) is 12.1. The van der Waals surface area contributed by atoms with E-state index in [9.17, 15) is 5.11 Å². The molecule has 0 aliphatic heterocycles.